The molecule has 3 unspecified atom stereocenters. The summed E-state index contributed by atoms with van der Waals surface area (Å²) in [6, 6.07) is 8.49. The number of hydrogen-bond donors (Lipinski definition) is 1. The van der Waals surface area contributed by atoms with E-state index >= 15 is 0 Å². The summed E-state index contributed by atoms with van der Waals surface area (Å²) in [7, 11) is 0. The zero-order chi connectivity index (χ0) is 14.5. The van der Waals surface area contributed by atoms with Crippen LogP contribution in [-0.2, 0) is 4.74 Å². The van der Waals surface area contributed by atoms with E-state index in [9.17, 15) is 0 Å². The Hall–Kier alpha value is -1.10. The summed E-state index contributed by atoms with van der Waals surface area (Å²) in [5.74, 6) is 0.915. The third-order valence-corrected chi connectivity index (χ3v) is 3.67. The quantitative estimate of drug-likeness (QED) is 0.897. The van der Waals surface area contributed by atoms with E-state index in [1.54, 1.807) is 0 Å². The molecule has 0 bridgehead atoms. The molecule has 1 aromatic rings. The van der Waals surface area contributed by atoms with Crippen LogP contribution >= 0.6 is 0 Å². The van der Waals surface area contributed by atoms with Gasteiger partial charge in [0.1, 0.15) is 5.75 Å². The lowest BCUT2D eigenvalue weighted by molar-refractivity contribution is -0.0799. The molecule has 112 valence electrons. The summed E-state index contributed by atoms with van der Waals surface area (Å²) >= 11 is 0. The van der Waals surface area contributed by atoms with E-state index in [0.717, 1.165) is 18.8 Å². The third-order valence-electron chi connectivity index (χ3n) is 3.67. The molecule has 4 heteroatoms. The van der Waals surface area contributed by atoms with Crippen LogP contribution < -0.4 is 10.5 Å². The molecule has 4 nitrogen and oxygen atoms in total. The zero-order valence-electron chi connectivity index (χ0n) is 12.7. The normalized spacial score (nSPS) is 25.4. The molecule has 1 fully saturated rings. The number of benzene rings is 1. The lowest BCUT2D eigenvalue weighted by Crippen LogP contribution is -2.48. The van der Waals surface area contributed by atoms with E-state index in [2.05, 4.69) is 30.9 Å². The van der Waals surface area contributed by atoms with Gasteiger partial charge in [-0.3, -0.25) is 4.90 Å². The maximum atomic E-state index is 6.03. The number of morpholine rings is 1. The molecular formula is C16H26N2O2. The first-order chi connectivity index (χ1) is 9.63. The summed E-state index contributed by atoms with van der Waals surface area (Å²) in [5, 5.41) is 0. The van der Waals surface area contributed by atoms with Gasteiger partial charge >= 0.3 is 0 Å². The van der Waals surface area contributed by atoms with Crippen molar-refractivity contribution < 1.29 is 9.47 Å². The van der Waals surface area contributed by atoms with Crippen LogP contribution in [0.1, 0.15) is 32.4 Å². The maximum Gasteiger partial charge on any atom is 0.119 e. The second-order valence-electron chi connectivity index (χ2n) is 5.47. The van der Waals surface area contributed by atoms with Crippen LogP contribution in [0, 0.1) is 0 Å². The Kier molecular flexibility index (Phi) is 5.40. The minimum absolute atomic E-state index is 0.226. The fourth-order valence-electron chi connectivity index (χ4n) is 2.95. The number of hydrogen-bond acceptors (Lipinski definition) is 4. The Morgan fingerprint density at radius 2 is 2.05 bits per heavy atom. The van der Waals surface area contributed by atoms with E-state index in [-0.39, 0.29) is 18.2 Å². The lowest BCUT2D eigenvalue weighted by atomic mass is 10.0. The predicted octanol–water partition coefficient (Wildman–Crippen LogP) is 2.19. The van der Waals surface area contributed by atoms with Crippen molar-refractivity contribution in [2.75, 3.05) is 26.2 Å². The smallest absolute Gasteiger partial charge is 0.119 e. The van der Waals surface area contributed by atoms with Gasteiger partial charge < -0.3 is 15.2 Å². The standard InChI is InChI=1S/C16H26N2O2/c1-4-19-15-7-5-6-14(8-15)16(9-17)18-10-12(2)20-13(3)11-18/h5-8,12-13,16H,4,9-11,17H2,1-3H3. The third kappa shape index (κ3) is 3.72. The first kappa shape index (κ1) is 15.3. The van der Waals surface area contributed by atoms with Crippen molar-refractivity contribution in [3.8, 4) is 5.75 Å². The van der Waals surface area contributed by atoms with Gasteiger partial charge in [0.15, 0.2) is 0 Å². The van der Waals surface area contributed by atoms with E-state index in [1.165, 1.54) is 5.56 Å². The maximum absolute atomic E-state index is 6.03. The van der Waals surface area contributed by atoms with Gasteiger partial charge in [-0.15, -0.1) is 0 Å². The molecule has 1 aliphatic heterocycles. The fourth-order valence-corrected chi connectivity index (χ4v) is 2.95. The Morgan fingerprint density at radius 3 is 2.65 bits per heavy atom. The van der Waals surface area contributed by atoms with Crippen LogP contribution in [0.15, 0.2) is 24.3 Å². The zero-order valence-corrected chi connectivity index (χ0v) is 12.7. The molecular weight excluding hydrogens is 252 g/mol. The largest absolute Gasteiger partial charge is 0.494 e. The second-order valence-corrected chi connectivity index (χ2v) is 5.47. The van der Waals surface area contributed by atoms with E-state index in [1.807, 2.05) is 19.1 Å². The van der Waals surface area contributed by atoms with E-state index in [0.29, 0.717) is 13.2 Å². The Bertz CT molecular complexity index is 415. The minimum atomic E-state index is 0.226. The highest BCUT2D eigenvalue weighted by atomic mass is 16.5. The first-order valence-corrected chi connectivity index (χ1v) is 7.46. The predicted molar refractivity (Wildman–Crippen MR) is 81.0 cm³/mol. The molecule has 0 radical (unpaired) electrons. The van der Waals surface area contributed by atoms with Crippen molar-refractivity contribution in [3.63, 3.8) is 0 Å². The monoisotopic (exact) mass is 278 g/mol. The average molecular weight is 278 g/mol. The summed E-state index contributed by atoms with van der Waals surface area (Å²) in [5.41, 5.74) is 7.25. The van der Waals surface area contributed by atoms with Crippen molar-refractivity contribution in [1.29, 1.82) is 0 Å². The average Bonchev–Trinajstić information content (AvgIpc) is 2.39. The second kappa shape index (κ2) is 7.07. The van der Waals surface area contributed by atoms with Crippen LogP contribution in [0.25, 0.3) is 0 Å². The molecule has 0 aromatic heterocycles. The van der Waals surface area contributed by atoms with Crippen molar-refractivity contribution in [2.24, 2.45) is 5.73 Å². The molecule has 0 aliphatic carbocycles. The summed E-state index contributed by atoms with van der Waals surface area (Å²) < 4.78 is 11.4. The summed E-state index contributed by atoms with van der Waals surface area (Å²) in [6.45, 7) is 9.37. The molecule has 1 heterocycles. The molecule has 2 N–H and O–H groups in total. The number of ether oxygens (including phenoxy) is 2. The molecule has 20 heavy (non-hydrogen) atoms. The van der Waals surface area contributed by atoms with Crippen LogP contribution in [0.4, 0.5) is 0 Å². The fraction of sp³-hybridized carbons (Fsp3) is 0.625. The van der Waals surface area contributed by atoms with E-state index < -0.39 is 0 Å². The highest BCUT2D eigenvalue weighted by molar-refractivity contribution is 5.31. The molecule has 1 aliphatic rings. The molecule has 1 saturated heterocycles. The Labute approximate surface area is 121 Å². The highest BCUT2D eigenvalue weighted by Gasteiger charge is 2.28. The Morgan fingerprint density at radius 1 is 1.35 bits per heavy atom. The minimum Gasteiger partial charge on any atom is -0.494 e. The van der Waals surface area contributed by atoms with Gasteiger partial charge in [0, 0.05) is 25.7 Å². The van der Waals surface area contributed by atoms with Gasteiger partial charge in [0.05, 0.1) is 18.8 Å². The molecule has 0 saturated carbocycles. The van der Waals surface area contributed by atoms with Gasteiger partial charge in [-0.1, -0.05) is 12.1 Å². The molecule has 2 rings (SSSR count). The van der Waals surface area contributed by atoms with Crippen molar-refractivity contribution >= 4 is 0 Å². The van der Waals surface area contributed by atoms with Crippen molar-refractivity contribution in [3.05, 3.63) is 29.8 Å². The molecule has 1 aromatic carbocycles. The summed E-state index contributed by atoms with van der Waals surface area (Å²) in [4.78, 5) is 2.42. The lowest BCUT2D eigenvalue weighted by Gasteiger charge is -2.40. The van der Waals surface area contributed by atoms with Gasteiger partial charge in [0.25, 0.3) is 0 Å². The summed E-state index contributed by atoms with van der Waals surface area (Å²) in [6.07, 6.45) is 0.505. The van der Waals surface area contributed by atoms with Crippen LogP contribution in [0.5, 0.6) is 5.75 Å². The topological polar surface area (TPSA) is 47.7 Å². The van der Waals surface area contributed by atoms with Crippen LogP contribution in [0.3, 0.4) is 0 Å². The van der Waals surface area contributed by atoms with E-state index in [4.69, 9.17) is 15.2 Å². The number of rotatable bonds is 5. The number of nitrogens with zero attached hydrogens (tertiary/aromatic N) is 1. The Balaban J connectivity index is 2.16. The SMILES string of the molecule is CCOc1cccc(C(CN)N2CC(C)OC(C)C2)c1. The van der Waals surface area contributed by atoms with Gasteiger partial charge in [-0.25, -0.2) is 0 Å². The van der Waals surface area contributed by atoms with Gasteiger partial charge in [0.2, 0.25) is 0 Å². The van der Waals surface area contributed by atoms with Gasteiger partial charge in [-0.05, 0) is 38.5 Å². The molecule has 0 amide bonds. The molecule has 3 atom stereocenters. The number of nitrogens with two attached hydrogens (primary N) is 1. The molecule has 0 spiro atoms. The van der Waals surface area contributed by atoms with Crippen molar-refractivity contribution in [2.45, 2.75) is 39.0 Å². The first-order valence-electron chi connectivity index (χ1n) is 7.46. The van der Waals surface area contributed by atoms with Crippen LogP contribution in [-0.4, -0.2) is 43.3 Å². The van der Waals surface area contributed by atoms with Gasteiger partial charge in [-0.2, -0.15) is 0 Å². The van der Waals surface area contributed by atoms with Crippen LogP contribution in [0.2, 0.25) is 0 Å². The van der Waals surface area contributed by atoms with Crippen molar-refractivity contribution in [1.82, 2.24) is 4.90 Å². The highest BCUT2D eigenvalue weighted by Crippen LogP contribution is 2.26.